The van der Waals surface area contributed by atoms with Gasteiger partial charge in [-0.25, -0.2) is 4.84 Å². The van der Waals surface area contributed by atoms with Crippen LogP contribution in [0.25, 0.3) is 38.9 Å². The molecule has 8 rings (SSSR count). The van der Waals surface area contributed by atoms with E-state index in [0.717, 1.165) is 75.2 Å². The zero-order valence-electron chi connectivity index (χ0n) is 43.7. The van der Waals surface area contributed by atoms with Crippen molar-refractivity contribution < 1.29 is 33.7 Å². The van der Waals surface area contributed by atoms with E-state index < -0.39 is 41.4 Å². The molecule has 4 aliphatic heterocycles. The fourth-order valence-electron chi connectivity index (χ4n) is 11.1. The second kappa shape index (κ2) is 21.9. The number of nitrogens with one attached hydrogen (secondary N) is 2. The Bertz CT molecular complexity index is 2760. The van der Waals surface area contributed by atoms with Crippen molar-refractivity contribution in [3.05, 3.63) is 101 Å². The Morgan fingerprint density at radius 2 is 1.85 bits per heavy atom. The maximum atomic E-state index is 14.8. The van der Waals surface area contributed by atoms with Crippen LogP contribution in [0.4, 0.5) is 0 Å². The molecule has 0 spiro atoms. The Labute approximate surface area is 424 Å². The van der Waals surface area contributed by atoms with Gasteiger partial charge in [0.15, 0.2) is 6.61 Å². The molecule has 6 heterocycles. The highest BCUT2D eigenvalue weighted by molar-refractivity contribution is 5.96. The molecular formula is C56H74N9O7+. The molecule has 6 bridgehead atoms. The van der Waals surface area contributed by atoms with E-state index in [9.17, 15) is 24.1 Å². The van der Waals surface area contributed by atoms with Crippen molar-refractivity contribution in [2.75, 3.05) is 60.5 Å². The van der Waals surface area contributed by atoms with E-state index in [0.29, 0.717) is 50.2 Å². The summed E-state index contributed by atoms with van der Waals surface area (Å²) < 4.78 is 8.37. The first kappa shape index (κ1) is 52.1. The molecular weight excluding hydrogens is 911 g/mol. The van der Waals surface area contributed by atoms with Crippen LogP contribution in [-0.4, -0.2) is 137 Å². The summed E-state index contributed by atoms with van der Waals surface area (Å²) in [6, 6.07) is 14.9. The number of fused-ring (bicyclic) bond motifs is 6. The van der Waals surface area contributed by atoms with Crippen LogP contribution in [0, 0.1) is 22.2 Å². The van der Waals surface area contributed by atoms with Crippen molar-refractivity contribution in [1.82, 2.24) is 40.0 Å². The summed E-state index contributed by atoms with van der Waals surface area (Å²) in [5.41, 5.74) is 12.8. The molecule has 384 valence electrons. The number of amides is 4. The number of carbonyl (C=O) groups excluding carboxylic acids is 4. The summed E-state index contributed by atoms with van der Waals surface area (Å²) in [6.07, 6.45) is 7.42. The minimum absolute atomic E-state index is 0.0909. The van der Waals surface area contributed by atoms with Crippen LogP contribution in [0.1, 0.15) is 95.7 Å². The number of carbonyl (C=O) groups is 4. The van der Waals surface area contributed by atoms with E-state index >= 15 is 0 Å². The lowest BCUT2D eigenvalue weighted by molar-refractivity contribution is -0.835. The smallest absolute Gasteiger partial charge is 0.326 e. The first-order chi connectivity index (χ1) is 34.4. The van der Waals surface area contributed by atoms with Gasteiger partial charge in [0.1, 0.15) is 12.1 Å². The molecule has 0 saturated carbocycles. The van der Waals surface area contributed by atoms with Gasteiger partial charge in [-0.3, -0.25) is 29.2 Å². The van der Waals surface area contributed by atoms with Gasteiger partial charge in [0.05, 0.1) is 28.3 Å². The number of aryl methyl sites for hydroxylation is 1. The summed E-state index contributed by atoms with van der Waals surface area (Å²) in [5.74, 6) is -2.15. The minimum atomic E-state index is -1.07. The predicted octanol–water partition coefficient (Wildman–Crippen LogP) is 7.11. The average molecular weight is 985 g/mol. The van der Waals surface area contributed by atoms with Gasteiger partial charge in [-0.2, -0.15) is 5.43 Å². The molecule has 2 saturated heterocycles. The van der Waals surface area contributed by atoms with E-state index in [1.54, 1.807) is 19.1 Å². The largest absolute Gasteiger partial charge is 0.375 e. The summed E-state index contributed by atoms with van der Waals surface area (Å²) in [4.78, 5) is 87.0. The molecule has 16 heteroatoms. The normalized spacial score (nSPS) is 21.7. The van der Waals surface area contributed by atoms with E-state index in [1.807, 2.05) is 39.1 Å². The molecule has 0 unspecified atom stereocenters. The Morgan fingerprint density at radius 3 is 2.56 bits per heavy atom. The Kier molecular flexibility index (Phi) is 15.8. The van der Waals surface area contributed by atoms with Crippen molar-refractivity contribution >= 4 is 40.1 Å². The highest BCUT2D eigenvalue weighted by Gasteiger charge is 2.42. The number of benzene rings is 2. The number of pyridine rings is 1. The van der Waals surface area contributed by atoms with Crippen LogP contribution in [0.2, 0.25) is 0 Å². The lowest BCUT2D eigenvalue weighted by atomic mass is 9.84. The quantitative estimate of drug-likeness (QED) is 0.148. The number of rotatable bonds is 11. The molecule has 5 atom stereocenters. The average Bonchev–Trinajstić information content (AvgIpc) is 3.99. The van der Waals surface area contributed by atoms with Gasteiger partial charge in [-0.15, -0.1) is 0 Å². The second-order valence-corrected chi connectivity index (χ2v) is 21.3. The van der Waals surface area contributed by atoms with Gasteiger partial charge in [-0.05, 0) is 110 Å². The van der Waals surface area contributed by atoms with E-state index in [1.165, 1.54) is 21.6 Å². The molecule has 0 radical (unpaired) electrons. The molecule has 4 aliphatic rings. The third-order valence-electron chi connectivity index (χ3n) is 15.1. The number of hydrogen-bond donors (Lipinski definition) is 2. The van der Waals surface area contributed by atoms with Crippen molar-refractivity contribution in [3.8, 4) is 22.4 Å². The second-order valence-electron chi connectivity index (χ2n) is 21.3. The van der Waals surface area contributed by atoms with Gasteiger partial charge in [0.25, 0.3) is 5.91 Å². The maximum absolute atomic E-state index is 14.8. The van der Waals surface area contributed by atoms with E-state index in [4.69, 9.17) is 14.6 Å². The van der Waals surface area contributed by atoms with Gasteiger partial charge < -0.3 is 29.3 Å². The van der Waals surface area contributed by atoms with E-state index in [-0.39, 0.29) is 43.4 Å². The standard InChI is InChI=1S/C56H73N9O7/c1-11-49(66)62-26-22-41(33-62)54(68)61(9)51(35(3)4)53(67)58-46-28-37-15-13-16-39(27-37)40-18-19-47-43(29-40)45(31-56(6,7)34-72-65(70)48-17-14-23-64(59-48)55(46)69)52(63(47)12-2)44-30-42(32-57-50(44)36(5)71-10)38-20-24-60(8)25-21-38/h11,13,15-16,18-20,27,29-30,32,35-36,41,46,48,51,59H,1,12,14,17,21-26,28,31,33-34H2,2-10H3/p+1/t36-,41-,46-,48+,51-/m0/s1. The van der Waals surface area contributed by atoms with Crippen LogP contribution in [0.5, 0.6) is 0 Å². The van der Waals surface area contributed by atoms with Gasteiger partial charge in [-0.1, -0.05) is 70.7 Å². The van der Waals surface area contributed by atoms with Gasteiger partial charge >= 0.3 is 6.17 Å². The lowest BCUT2D eigenvalue weighted by Gasteiger charge is -2.35. The predicted molar refractivity (Wildman–Crippen MR) is 279 cm³/mol. The van der Waals surface area contributed by atoms with Crippen LogP contribution in [0.15, 0.2) is 73.5 Å². The number of ether oxygens (including phenoxy) is 1. The zero-order valence-corrected chi connectivity index (χ0v) is 43.7. The first-order valence-electron chi connectivity index (χ1n) is 25.7. The molecule has 2 N–H and O–H groups in total. The molecule has 4 aromatic rings. The molecule has 72 heavy (non-hydrogen) atoms. The topological polar surface area (TPSA) is 162 Å². The SMILES string of the molecule is C=CC(=O)N1CC[C@H](C(=O)N(C)[C@H](C(=O)N[C@H]2Cc3cccc(c3)-c3ccc4c(c3)c(c(-c3cc(C5=CCN(C)CC5)cnc3[C@H](C)OC)n4CC)CC(C)(C)CO[N+](=O)[C@@H]3CCCN(N3)C2=O)C(C)C)C1. The number of likely N-dealkylation sites (N-methyl/N-ethyl adjacent to an activating group) is 2. The zero-order chi connectivity index (χ0) is 51.6. The molecule has 2 aromatic carbocycles. The molecule has 16 nitrogen and oxygen atoms in total. The lowest BCUT2D eigenvalue weighted by Crippen LogP contribution is -2.62. The Hall–Kier alpha value is -6.23. The number of hydrazine groups is 1. The number of methoxy groups -OCH3 is 1. The number of aromatic nitrogens is 2. The highest BCUT2D eigenvalue weighted by Crippen LogP contribution is 2.43. The third kappa shape index (κ3) is 10.9. The summed E-state index contributed by atoms with van der Waals surface area (Å²) in [5, 5.41) is 5.57. The Morgan fingerprint density at radius 1 is 1.07 bits per heavy atom. The Balaban J connectivity index is 1.21. The van der Waals surface area contributed by atoms with Gasteiger partial charge in [0.2, 0.25) is 22.6 Å². The summed E-state index contributed by atoms with van der Waals surface area (Å²) in [7, 11) is 5.46. The molecule has 2 fully saturated rings. The van der Waals surface area contributed by atoms with Crippen molar-refractivity contribution in [2.45, 2.75) is 111 Å². The van der Waals surface area contributed by atoms with Crippen molar-refractivity contribution in [3.63, 3.8) is 0 Å². The monoisotopic (exact) mass is 985 g/mol. The van der Waals surface area contributed by atoms with Crippen LogP contribution in [-0.2, 0) is 48.1 Å². The molecule has 0 aliphatic carbocycles. The molecule has 2 aromatic heterocycles. The van der Waals surface area contributed by atoms with Crippen LogP contribution < -0.4 is 10.7 Å². The molecule has 4 amide bonds. The fourth-order valence-corrected chi connectivity index (χ4v) is 11.1. The number of hydrogen-bond acceptors (Lipinski definition) is 10. The fraction of sp³-hybridized carbons (Fsp3) is 0.518. The minimum Gasteiger partial charge on any atom is -0.375 e. The van der Waals surface area contributed by atoms with Crippen molar-refractivity contribution in [1.29, 1.82) is 0 Å². The summed E-state index contributed by atoms with van der Waals surface area (Å²) >= 11 is 0. The third-order valence-corrected chi connectivity index (χ3v) is 15.1. The highest BCUT2D eigenvalue weighted by atomic mass is 16.8. The first-order valence-corrected chi connectivity index (χ1v) is 25.7. The van der Waals surface area contributed by atoms with Crippen LogP contribution >= 0.6 is 0 Å². The van der Waals surface area contributed by atoms with Gasteiger partial charge in [0, 0.05) is 94.3 Å². The van der Waals surface area contributed by atoms with Crippen LogP contribution in [0.3, 0.4) is 0 Å². The van der Waals surface area contributed by atoms with Crippen molar-refractivity contribution in [2.24, 2.45) is 17.3 Å². The summed E-state index contributed by atoms with van der Waals surface area (Å²) in [6.45, 7) is 19.3. The van der Waals surface area contributed by atoms with E-state index in [2.05, 4.69) is 97.1 Å². The number of nitrogens with zero attached hydrogens (tertiary/aromatic N) is 7. The number of likely N-dealkylation sites (tertiary alicyclic amines) is 1. The maximum Gasteiger partial charge on any atom is 0.326 e.